The zero-order valence-corrected chi connectivity index (χ0v) is 20.6. The van der Waals surface area contributed by atoms with Crippen LogP contribution in [-0.2, 0) is 17.6 Å². The number of hydrogen-bond acceptors (Lipinski definition) is 6. The monoisotopic (exact) mass is 475 g/mol. The number of ether oxygens (including phenoxy) is 1. The zero-order valence-electron chi connectivity index (χ0n) is 20.6. The van der Waals surface area contributed by atoms with Crippen molar-refractivity contribution < 1.29 is 14.6 Å². The number of rotatable bonds is 5. The van der Waals surface area contributed by atoms with Crippen LogP contribution in [0.25, 0.3) is 10.9 Å². The molecule has 2 aliphatic rings. The van der Waals surface area contributed by atoms with Gasteiger partial charge >= 0.3 is 5.97 Å². The van der Waals surface area contributed by atoms with E-state index in [4.69, 9.17) is 9.72 Å². The second kappa shape index (κ2) is 8.79. The third kappa shape index (κ3) is 5.10. The third-order valence-electron chi connectivity index (χ3n) is 6.98. The molecule has 3 aromatic rings. The lowest BCUT2D eigenvalue weighted by Crippen LogP contribution is -2.29. The molecule has 1 unspecified atom stereocenters. The van der Waals surface area contributed by atoms with Crippen molar-refractivity contribution in [3.05, 3.63) is 69.3 Å². The van der Waals surface area contributed by atoms with E-state index < -0.39 is 11.2 Å². The number of aryl methyl sites for hydroxylation is 1. The number of nitrogens with one attached hydrogen (secondary N) is 2. The highest BCUT2D eigenvalue weighted by Gasteiger charge is 2.32. The molecule has 1 fully saturated rings. The summed E-state index contributed by atoms with van der Waals surface area (Å²) in [6, 6.07) is 11.3. The van der Waals surface area contributed by atoms with Crippen LogP contribution in [0.2, 0.25) is 0 Å². The lowest BCUT2D eigenvalue weighted by atomic mass is 9.97. The molecular weight excluding hydrogens is 442 g/mol. The van der Waals surface area contributed by atoms with Crippen molar-refractivity contribution in [1.29, 1.82) is 0 Å². The summed E-state index contributed by atoms with van der Waals surface area (Å²) in [7, 11) is 0. The van der Waals surface area contributed by atoms with E-state index in [1.54, 1.807) is 12.1 Å². The Morgan fingerprint density at radius 3 is 2.60 bits per heavy atom. The molecule has 0 bridgehead atoms. The second-order valence-electron chi connectivity index (χ2n) is 11.0. The third-order valence-corrected chi connectivity index (χ3v) is 6.98. The Labute approximate surface area is 204 Å². The van der Waals surface area contributed by atoms with Crippen LogP contribution in [0, 0.1) is 0 Å². The van der Waals surface area contributed by atoms with Crippen molar-refractivity contribution in [2.75, 3.05) is 5.32 Å². The first-order chi connectivity index (χ1) is 16.6. The fourth-order valence-electron chi connectivity index (χ4n) is 5.29. The number of nitrogens with zero attached hydrogens (tertiary/aromatic N) is 1. The molecule has 0 saturated heterocycles. The Hall–Kier alpha value is -3.19. The van der Waals surface area contributed by atoms with Crippen molar-refractivity contribution in [3.63, 3.8) is 0 Å². The van der Waals surface area contributed by atoms with Gasteiger partial charge in [0.15, 0.2) is 0 Å². The maximum Gasteiger partial charge on any atom is 0.338 e. The molecule has 35 heavy (non-hydrogen) atoms. The minimum absolute atomic E-state index is 0.0695. The van der Waals surface area contributed by atoms with E-state index in [1.165, 1.54) is 5.56 Å². The minimum atomic E-state index is -0.756. The van der Waals surface area contributed by atoms with Gasteiger partial charge in [0, 0.05) is 12.1 Å². The van der Waals surface area contributed by atoms with Gasteiger partial charge in [-0.25, -0.2) is 9.78 Å². The van der Waals surface area contributed by atoms with Crippen LogP contribution < -0.4 is 10.9 Å². The molecule has 7 nitrogen and oxygen atoms in total. The predicted octanol–water partition coefficient (Wildman–Crippen LogP) is 4.83. The van der Waals surface area contributed by atoms with E-state index in [0.29, 0.717) is 28.7 Å². The van der Waals surface area contributed by atoms with Gasteiger partial charge in [0.2, 0.25) is 0 Å². The maximum absolute atomic E-state index is 12.9. The number of H-pyrrole nitrogens is 1. The highest BCUT2D eigenvalue weighted by Crippen LogP contribution is 2.36. The normalized spacial score (nSPS) is 19.0. The van der Waals surface area contributed by atoms with Crippen LogP contribution in [0.3, 0.4) is 0 Å². The second-order valence-corrected chi connectivity index (χ2v) is 11.0. The summed E-state index contributed by atoms with van der Waals surface area (Å²) in [5.41, 5.74) is 2.93. The van der Waals surface area contributed by atoms with Gasteiger partial charge in [0.1, 0.15) is 11.4 Å². The fraction of sp³-hybridized carbons (Fsp3) is 0.464. The summed E-state index contributed by atoms with van der Waals surface area (Å²) in [6.45, 7) is 5.55. The van der Waals surface area contributed by atoms with E-state index in [2.05, 4.69) is 10.3 Å². The minimum Gasteiger partial charge on any atom is -0.456 e. The quantitative estimate of drug-likeness (QED) is 0.457. The zero-order chi connectivity index (χ0) is 24.8. The summed E-state index contributed by atoms with van der Waals surface area (Å²) < 4.78 is 5.43. The Morgan fingerprint density at radius 1 is 1.20 bits per heavy atom. The average molecular weight is 476 g/mol. The highest BCUT2D eigenvalue weighted by atomic mass is 16.6. The van der Waals surface area contributed by atoms with Crippen LogP contribution in [0.5, 0.6) is 0 Å². The number of aromatic nitrogens is 2. The first-order valence-electron chi connectivity index (χ1n) is 12.5. The van der Waals surface area contributed by atoms with E-state index >= 15 is 0 Å². The average Bonchev–Trinajstić information content (AvgIpc) is 3.38. The standard InChI is InChI=1S/C28H33N3O4/c1-27(2,3)35-26(33)17-6-9-19(10-7-17)29-22-11-8-18-14-23-21(15-20(18)22)25(32)31-24(30-23)16-28(34)12-4-5-13-28/h6-7,9-10,14-15,22,29,34H,4-5,8,11-13,16H2,1-3H3,(H,30,31,32). The largest absolute Gasteiger partial charge is 0.456 e. The van der Waals surface area contributed by atoms with Gasteiger partial charge in [0.05, 0.1) is 28.1 Å². The molecule has 0 radical (unpaired) electrons. The van der Waals surface area contributed by atoms with Crippen LogP contribution >= 0.6 is 0 Å². The summed E-state index contributed by atoms with van der Waals surface area (Å²) >= 11 is 0. The van der Waals surface area contributed by atoms with Crippen LogP contribution in [0.1, 0.15) is 86.2 Å². The topological polar surface area (TPSA) is 104 Å². The molecule has 1 heterocycles. The lowest BCUT2D eigenvalue weighted by Gasteiger charge is -2.21. The Kier molecular flexibility index (Phi) is 5.91. The van der Waals surface area contributed by atoms with Gasteiger partial charge in [-0.2, -0.15) is 0 Å². The number of carbonyl (C=O) groups excluding carboxylic acids is 1. The Balaban J connectivity index is 1.35. The van der Waals surface area contributed by atoms with E-state index in [9.17, 15) is 14.7 Å². The molecule has 2 aromatic carbocycles. The fourth-order valence-corrected chi connectivity index (χ4v) is 5.29. The molecule has 0 spiro atoms. The van der Waals surface area contributed by atoms with E-state index in [0.717, 1.165) is 49.8 Å². The summed E-state index contributed by atoms with van der Waals surface area (Å²) in [5.74, 6) is 0.220. The van der Waals surface area contributed by atoms with Crippen molar-refractivity contribution in [1.82, 2.24) is 9.97 Å². The smallest absolute Gasteiger partial charge is 0.338 e. The number of anilines is 1. The number of carbonyl (C=O) groups is 1. The summed E-state index contributed by atoms with van der Waals surface area (Å²) in [5, 5.41) is 14.9. The number of aromatic amines is 1. The molecular formula is C28H33N3O4. The molecule has 1 aromatic heterocycles. The van der Waals surface area contributed by atoms with E-state index in [-0.39, 0.29) is 17.6 Å². The van der Waals surface area contributed by atoms with Gasteiger partial charge in [0.25, 0.3) is 5.56 Å². The molecule has 1 atom stereocenters. The van der Waals surface area contributed by atoms with Crippen LogP contribution in [0.15, 0.2) is 41.2 Å². The molecule has 0 amide bonds. The van der Waals surface area contributed by atoms with Crippen LogP contribution in [0.4, 0.5) is 5.69 Å². The van der Waals surface area contributed by atoms with Gasteiger partial charge in [-0.1, -0.05) is 12.8 Å². The number of fused-ring (bicyclic) bond motifs is 2. The SMILES string of the molecule is CC(C)(C)OC(=O)c1ccc(NC2CCc3cc4nc(CC5(O)CCCC5)[nH]c(=O)c4cc32)cc1. The van der Waals surface area contributed by atoms with Gasteiger partial charge < -0.3 is 20.1 Å². The highest BCUT2D eigenvalue weighted by molar-refractivity contribution is 5.90. The predicted molar refractivity (Wildman–Crippen MR) is 136 cm³/mol. The van der Waals surface area contributed by atoms with Gasteiger partial charge in [-0.05, 0) is 94.0 Å². The maximum atomic E-state index is 12.9. The van der Waals surface area contributed by atoms with Gasteiger partial charge in [-0.15, -0.1) is 0 Å². The Morgan fingerprint density at radius 2 is 1.91 bits per heavy atom. The van der Waals surface area contributed by atoms with Crippen molar-refractivity contribution in [2.24, 2.45) is 0 Å². The van der Waals surface area contributed by atoms with Crippen molar-refractivity contribution >= 4 is 22.6 Å². The van der Waals surface area contributed by atoms with Gasteiger partial charge in [-0.3, -0.25) is 4.79 Å². The Bertz CT molecular complexity index is 1320. The molecule has 0 aliphatic heterocycles. The molecule has 184 valence electrons. The summed E-state index contributed by atoms with van der Waals surface area (Å²) in [6.07, 6.45) is 5.73. The summed E-state index contributed by atoms with van der Waals surface area (Å²) in [4.78, 5) is 32.8. The number of esters is 1. The number of benzene rings is 2. The molecule has 7 heteroatoms. The molecule has 5 rings (SSSR count). The van der Waals surface area contributed by atoms with Crippen molar-refractivity contribution in [2.45, 2.75) is 83.0 Å². The number of hydrogen-bond donors (Lipinski definition) is 3. The lowest BCUT2D eigenvalue weighted by molar-refractivity contribution is 0.00694. The van der Waals surface area contributed by atoms with Crippen molar-refractivity contribution in [3.8, 4) is 0 Å². The molecule has 1 saturated carbocycles. The van der Waals surface area contributed by atoms with E-state index in [1.807, 2.05) is 45.0 Å². The molecule has 2 aliphatic carbocycles. The first kappa shape index (κ1) is 23.5. The van der Waals surface area contributed by atoms with Crippen LogP contribution in [-0.4, -0.2) is 32.2 Å². The number of aliphatic hydroxyl groups is 1. The molecule has 3 N–H and O–H groups in total. The first-order valence-corrected chi connectivity index (χ1v) is 12.5.